The Morgan fingerprint density at radius 3 is 1.43 bits per heavy atom. The number of carbonyl (C=O) groups excluding carboxylic acids is 2. The van der Waals surface area contributed by atoms with Gasteiger partial charge in [0.25, 0.3) is 11.8 Å². The van der Waals surface area contributed by atoms with Crippen molar-refractivity contribution in [3.05, 3.63) is 22.5 Å². The largest absolute Gasteiger partial charge is 0.366 e. The van der Waals surface area contributed by atoms with Crippen molar-refractivity contribution in [2.45, 2.75) is 13.8 Å². The number of carbonyl (C=O) groups is 2. The molecule has 0 bridgehead atoms. The molecular weight excluding hydrogens is 184 g/mol. The number of rotatable bonds is 2. The fourth-order valence-electron chi connectivity index (χ4n) is 1.21. The Morgan fingerprint density at radius 2 is 1.21 bits per heavy atom. The summed E-state index contributed by atoms with van der Waals surface area (Å²) in [5.74, 6) is -1.45. The smallest absolute Gasteiger partial charge is 0.251 e. The third kappa shape index (κ3) is 1.54. The van der Waals surface area contributed by atoms with E-state index in [4.69, 9.17) is 11.5 Å². The number of nitrogens with two attached hydrogens (primary N) is 2. The van der Waals surface area contributed by atoms with Crippen LogP contribution in [0.4, 0.5) is 0 Å². The van der Waals surface area contributed by atoms with Crippen LogP contribution in [0.2, 0.25) is 0 Å². The summed E-state index contributed by atoms with van der Waals surface area (Å²) < 4.78 is 0. The molecule has 0 radical (unpaired) electrons. The van der Waals surface area contributed by atoms with Crippen molar-refractivity contribution < 1.29 is 9.59 Å². The van der Waals surface area contributed by atoms with Crippen LogP contribution < -0.4 is 11.5 Å². The van der Waals surface area contributed by atoms with E-state index in [0.29, 0.717) is 11.4 Å². The zero-order valence-electron chi connectivity index (χ0n) is 7.87. The van der Waals surface area contributed by atoms with Crippen molar-refractivity contribution in [3.63, 3.8) is 0 Å². The van der Waals surface area contributed by atoms with Gasteiger partial charge in [0.05, 0.1) is 22.5 Å². The van der Waals surface area contributed by atoms with Crippen molar-refractivity contribution in [2.75, 3.05) is 0 Å². The molecule has 0 unspecified atom stereocenters. The summed E-state index contributed by atoms with van der Waals surface area (Å²) in [4.78, 5) is 22.1. The Morgan fingerprint density at radius 1 is 0.929 bits per heavy atom. The van der Waals surface area contributed by atoms with E-state index >= 15 is 0 Å². The molecular formula is C8H10N4O2. The average molecular weight is 194 g/mol. The molecule has 1 aromatic heterocycles. The average Bonchev–Trinajstić information content (AvgIpc) is 2.07. The lowest BCUT2D eigenvalue weighted by atomic mass is 10.0. The fraction of sp³-hybridized carbons (Fsp3) is 0.250. The van der Waals surface area contributed by atoms with E-state index in [0.717, 1.165) is 0 Å². The topological polar surface area (TPSA) is 112 Å². The van der Waals surface area contributed by atoms with Gasteiger partial charge in [0, 0.05) is 0 Å². The molecule has 74 valence electrons. The lowest BCUT2D eigenvalue weighted by Crippen LogP contribution is -2.24. The highest BCUT2D eigenvalue weighted by Crippen LogP contribution is 2.12. The van der Waals surface area contributed by atoms with Gasteiger partial charge >= 0.3 is 0 Å². The number of aryl methyl sites for hydroxylation is 2. The van der Waals surface area contributed by atoms with Crippen molar-refractivity contribution in [1.82, 2.24) is 10.2 Å². The summed E-state index contributed by atoms with van der Waals surface area (Å²) in [6.07, 6.45) is 0. The molecule has 0 atom stereocenters. The van der Waals surface area contributed by atoms with Crippen LogP contribution in [0.25, 0.3) is 0 Å². The standard InChI is InChI=1S/C8H10N4O2/c1-3-5(7(9)13)6(8(10)14)4(2)12-11-3/h1-2H3,(H2,9,13)(H2,10,14). The second kappa shape index (κ2) is 3.41. The molecule has 4 N–H and O–H groups in total. The van der Waals surface area contributed by atoms with Crippen molar-refractivity contribution in [2.24, 2.45) is 11.5 Å². The van der Waals surface area contributed by atoms with Crippen LogP contribution >= 0.6 is 0 Å². The molecule has 1 rings (SSSR count). The van der Waals surface area contributed by atoms with Crippen LogP contribution in [0.3, 0.4) is 0 Å². The van der Waals surface area contributed by atoms with Gasteiger partial charge in [-0.15, -0.1) is 0 Å². The number of primary amides is 2. The molecule has 0 fully saturated rings. The normalized spacial score (nSPS) is 9.86. The third-order valence-electron chi connectivity index (χ3n) is 1.82. The van der Waals surface area contributed by atoms with Crippen LogP contribution in [0, 0.1) is 13.8 Å². The SMILES string of the molecule is Cc1nnc(C)c(C(N)=O)c1C(N)=O. The first-order chi connectivity index (χ1) is 6.45. The van der Waals surface area contributed by atoms with Crippen molar-refractivity contribution >= 4 is 11.8 Å². The molecule has 0 saturated heterocycles. The van der Waals surface area contributed by atoms with E-state index in [9.17, 15) is 9.59 Å². The molecule has 6 nitrogen and oxygen atoms in total. The first-order valence-corrected chi connectivity index (χ1v) is 3.88. The highest BCUT2D eigenvalue weighted by molar-refractivity contribution is 6.07. The molecule has 0 spiro atoms. The lowest BCUT2D eigenvalue weighted by molar-refractivity contribution is 0.0965. The Kier molecular flexibility index (Phi) is 2.46. The van der Waals surface area contributed by atoms with Gasteiger partial charge in [-0.25, -0.2) is 0 Å². The highest BCUT2D eigenvalue weighted by Gasteiger charge is 2.19. The number of hydrogen-bond acceptors (Lipinski definition) is 4. The molecule has 0 aliphatic carbocycles. The van der Waals surface area contributed by atoms with Crippen molar-refractivity contribution in [1.29, 1.82) is 0 Å². The van der Waals surface area contributed by atoms with Gasteiger partial charge in [-0.3, -0.25) is 9.59 Å². The summed E-state index contributed by atoms with van der Waals surface area (Å²) in [6, 6.07) is 0. The molecule has 0 aliphatic heterocycles. The van der Waals surface area contributed by atoms with Crippen LogP contribution in [-0.4, -0.2) is 22.0 Å². The van der Waals surface area contributed by atoms with Gasteiger partial charge in [0.2, 0.25) is 0 Å². The number of amides is 2. The summed E-state index contributed by atoms with van der Waals surface area (Å²) in [7, 11) is 0. The Bertz CT molecular complexity index is 375. The zero-order chi connectivity index (χ0) is 10.9. The third-order valence-corrected chi connectivity index (χ3v) is 1.82. The van der Waals surface area contributed by atoms with Crippen LogP contribution in [-0.2, 0) is 0 Å². The second-order valence-electron chi connectivity index (χ2n) is 2.85. The highest BCUT2D eigenvalue weighted by atomic mass is 16.2. The van der Waals surface area contributed by atoms with E-state index in [1.807, 2.05) is 0 Å². The summed E-state index contributed by atoms with van der Waals surface area (Å²) in [5, 5.41) is 7.37. The minimum atomic E-state index is -0.727. The maximum Gasteiger partial charge on any atom is 0.251 e. The first-order valence-electron chi connectivity index (χ1n) is 3.88. The molecule has 0 saturated carbocycles. The Balaban J connectivity index is 3.58. The van der Waals surface area contributed by atoms with E-state index in [1.165, 1.54) is 0 Å². The summed E-state index contributed by atoms with van der Waals surface area (Å²) >= 11 is 0. The monoisotopic (exact) mass is 194 g/mol. The molecule has 0 aliphatic rings. The number of nitrogens with zero attached hydrogens (tertiary/aromatic N) is 2. The molecule has 1 aromatic rings. The molecule has 2 amide bonds. The predicted molar refractivity (Wildman–Crippen MR) is 48.5 cm³/mol. The van der Waals surface area contributed by atoms with Gasteiger partial charge in [-0.05, 0) is 13.8 Å². The molecule has 6 heteroatoms. The van der Waals surface area contributed by atoms with E-state index in [-0.39, 0.29) is 11.1 Å². The zero-order valence-corrected chi connectivity index (χ0v) is 7.87. The van der Waals surface area contributed by atoms with Crippen LogP contribution in [0.15, 0.2) is 0 Å². The lowest BCUT2D eigenvalue weighted by Gasteiger charge is -2.07. The molecule has 1 heterocycles. The Labute approximate surface area is 80.3 Å². The van der Waals surface area contributed by atoms with Gasteiger partial charge in [0.1, 0.15) is 0 Å². The first kappa shape index (κ1) is 10.1. The van der Waals surface area contributed by atoms with E-state index in [1.54, 1.807) is 13.8 Å². The van der Waals surface area contributed by atoms with Crippen LogP contribution in [0.1, 0.15) is 32.1 Å². The quantitative estimate of drug-likeness (QED) is 0.647. The fourth-order valence-corrected chi connectivity index (χ4v) is 1.21. The summed E-state index contributed by atoms with van der Waals surface area (Å²) in [6.45, 7) is 3.08. The Hall–Kier alpha value is -1.98. The number of hydrogen-bond donors (Lipinski definition) is 2. The van der Waals surface area contributed by atoms with Gasteiger partial charge in [0.15, 0.2) is 0 Å². The maximum atomic E-state index is 11.0. The van der Waals surface area contributed by atoms with Gasteiger partial charge in [-0.2, -0.15) is 10.2 Å². The molecule has 0 aromatic carbocycles. The van der Waals surface area contributed by atoms with E-state index in [2.05, 4.69) is 10.2 Å². The van der Waals surface area contributed by atoms with Gasteiger partial charge < -0.3 is 11.5 Å². The van der Waals surface area contributed by atoms with Crippen molar-refractivity contribution in [3.8, 4) is 0 Å². The number of aromatic nitrogens is 2. The summed E-state index contributed by atoms with van der Waals surface area (Å²) in [5.41, 5.74) is 10.9. The molecule has 14 heavy (non-hydrogen) atoms. The van der Waals surface area contributed by atoms with Crippen LogP contribution in [0.5, 0.6) is 0 Å². The minimum Gasteiger partial charge on any atom is -0.366 e. The second-order valence-corrected chi connectivity index (χ2v) is 2.85. The van der Waals surface area contributed by atoms with E-state index < -0.39 is 11.8 Å². The minimum absolute atomic E-state index is 0.0463. The predicted octanol–water partition coefficient (Wildman–Crippen LogP) is -0.709. The van der Waals surface area contributed by atoms with Gasteiger partial charge in [-0.1, -0.05) is 0 Å². The maximum absolute atomic E-state index is 11.0.